The van der Waals surface area contributed by atoms with Crippen LogP contribution in [-0.4, -0.2) is 40.1 Å². The second kappa shape index (κ2) is 8.30. The molecule has 160 valence electrons. The second-order valence-electron chi connectivity index (χ2n) is 8.23. The third kappa shape index (κ3) is 3.75. The van der Waals surface area contributed by atoms with Crippen LogP contribution in [0.5, 0.6) is 0 Å². The molecular formula is C26H24N4O2. The number of aromatic nitrogens is 2. The number of nitrogens with zero attached hydrogens (tertiary/aromatic N) is 4. The number of hydrogen-bond donors (Lipinski definition) is 0. The molecule has 5 rings (SSSR count). The first-order chi connectivity index (χ1) is 15.6. The first kappa shape index (κ1) is 20.0. The van der Waals surface area contributed by atoms with Crippen LogP contribution in [0.2, 0.25) is 0 Å². The summed E-state index contributed by atoms with van der Waals surface area (Å²) in [6, 6.07) is 23.8. The molecule has 0 saturated carbocycles. The van der Waals surface area contributed by atoms with E-state index in [1.807, 2.05) is 79.0 Å². The molecule has 1 aliphatic heterocycles. The Kier molecular flexibility index (Phi) is 5.19. The Hall–Kier alpha value is -3.93. The maximum Gasteiger partial charge on any atom is 0.228 e. The van der Waals surface area contributed by atoms with Crippen molar-refractivity contribution in [2.75, 3.05) is 18.5 Å². The summed E-state index contributed by atoms with van der Waals surface area (Å²) in [5.41, 5.74) is 2.79. The number of rotatable bonds is 5. The lowest BCUT2D eigenvalue weighted by molar-refractivity contribution is -0.135. The molecule has 0 N–H and O–H groups in total. The molecule has 6 nitrogen and oxygen atoms in total. The predicted molar refractivity (Wildman–Crippen MR) is 124 cm³/mol. The van der Waals surface area contributed by atoms with Gasteiger partial charge in [-0.2, -0.15) is 5.10 Å². The fourth-order valence-corrected chi connectivity index (χ4v) is 4.38. The van der Waals surface area contributed by atoms with Crippen LogP contribution in [0.3, 0.4) is 0 Å². The molecule has 3 aromatic carbocycles. The SMILES string of the molecule is CN(Cc1cnn(-c2ccccc2)c1)C(=O)C1CC(=O)N(c2cccc3ccccc23)C1. The van der Waals surface area contributed by atoms with Gasteiger partial charge in [-0.05, 0) is 23.6 Å². The Morgan fingerprint density at radius 2 is 1.78 bits per heavy atom. The van der Waals surface area contributed by atoms with Crippen molar-refractivity contribution >= 4 is 28.3 Å². The number of benzene rings is 3. The number of hydrogen-bond acceptors (Lipinski definition) is 3. The Balaban J connectivity index is 1.29. The van der Waals surface area contributed by atoms with Crippen molar-refractivity contribution in [3.8, 4) is 5.69 Å². The van der Waals surface area contributed by atoms with Gasteiger partial charge in [-0.15, -0.1) is 0 Å². The molecular weight excluding hydrogens is 400 g/mol. The van der Waals surface area contributed by atoms with Crippen molar-refractivity contribution in [3.05, 3.63) is 90.8 Å². The molecule has 1 saturated heterocycles. The zero-order valence-corrected chi connectivity index (χ0v) is 17.9. The van der Waals surface area contributed by atoms with E-state index < -0.39 is 0 Å². The van der Waals surface area contributed by atoms with Crippen LogP contribution in [-0.2, 0) is 16.1 Å². The first-order valence-corrected chi connectivity index (χ1v) is 10.7. The third-order valence-corrected chi connectivity index (χ3v) is 5.98. The van der Waals surface area contributed by atoms with Crippen LogP contribution in [0.15, 0.2) is 85.2 Å². The average molecular weight is 425 g/mol. The number of amides is 2. The van der Waals surface area contributed by atoms with Gasteiger partial charge in [0, 0.05) is 43.7 Å². The van der Waals surface area contributed by atoms with E-state index in [9.17, 15) is 9.59 Å². The summed E-state index contributed by atoms with van der Waals surface area (Å²) in [7, 11) is 1.78. The highest BCUT2D eigenvalue weighted by molar-refractivity contribution is 6.06. The molecule has 32 heavy (non-hydrogen) atoms. The summed E-state index contributed by atoms with van der Waals surface area (Å²) in [6.45, 7) is 0.851. The van der Waals surface area contributed by atoms with Gasteiger partial charge < -0.3 is 9.80 Å². The van der Waals surface area contributed by atoms with Crippen molar-refractivity contribution in [1.29, 1.82) is 0 Å². The Bertz CT molecular complexity index is 1280. The van der Waals surface area contributed by atoms with Crippen LogP contribution >= 0.6 is 0 Å². The lowest BCUT2D eigenvalue weighted by atomic mass is 10.1. The quantitative estimate of drug-likeness (QED) is 0.486. The maximum atomic E-state index is 13.1. The summed E-state index contributed by atoms with van der Waals surface area (Å²) in [6.07, 6.45) is 3.94. The largest absolute Gasteiger partial charge is 0.341 e. The van der Waals surface area contributed by atoms with Gasteiger partial charge >= 0.3 is 0 Å². The van der Waals surface area contributed by atoms with Crippen LogP contribution in [0.4, 0.5) is 5.69 Å². The van der Waals surface area contributed by atoms with Gasteiger partial charge in [0.2, 0.25) is 11.8 Å². The number of fused-ring (bicyclic) bond motifs is 1. The molecule has 0 spiro atoms. The molecule has 2 heterocycles. The minimum Gasteiger partial charge on any atom is -0.341 e. The Morgan fingerprint density at radius 3 is 2.62 bits per heavy atom. The van der Waals surface area contributed by atoms with Crippen LogP contribution in [0, 0.1) is 5.92 Å². The number of para-hydroxylation sites is 1. The second-order valence-corrected chi connectivity index (χ2v) is 8.23. The van der Waals surface area contributed by atoms with Gasteiger partial charge in [-0.25, -0.2) is 4.68 Å². The topological polar surface area (TPSA) is 58.4 Å². The Morgan fingerprint density at radius 1 is 1.03 bits per heavy atom. The predicted octanol–water partition coefficient (Wildman–Crippen LogP) is 4.04. The summed E-state index contributed by atoms with van der Waals surface area (Å²) in [5, 5.41) is 6.51. The van der Waals surface area contributed by atoms with Gasteiger partial charge in [-0.3, -0.25) is 9.59 Å². The van der Waals surface area contributed by atoms with E-state index in [1.165, 1.54) is 0 Å². The first-order valence-electron chi connectivity index (χ1n) is 10.7. The molecule has 6 heteroatoms. The van der Waals surface area contributed by atoms with E-state index >= 15 is 0 Å². The minimum absolute atomic E-state index is 0.00926. The molecule has 1 aromatic heterocycles. The monoisotopic (exact) mass is 424 g/mol. The van der Waals surface area contributed by atoms with Crippen molar-refractivity contribution in [1.82, 2.24) is 14.7 Å². The third-order valence-electron chi connectivity index (χ3n) is 5.98. The van der Waals surface area contributed by atoms with Crippen molar-refractivity contribution in [2.45, 2.75) is 13.0 Å². The molecule has 1 unspecified atom stereocenters. The van der Waals surface area contributed by atoms with Crippen LogP contribution in [0.1, 0.15) is 12.0 Å². The molecule has 0 radical (unpaired) electrons. The highest BCUT2D eigenvalue weighted by Crippen LogP contribution is 2.32. The van der Waals surface area contributed by atoms with Crippen LogP contribution in [0.25, 0.3) is 16.5 Å². The Labute approximate surface area is 186 Å². The normalized spacial score (nSPS) is 16.0. The van der Waals surface area contributed by atoms with Crippen molar-refractivity contribution in [2.24, 2.45) is 5.92 Å². The van der Waals surface area contributed by atoms with E-state index in [2.05, 4.69) is 5.10 Å². The molecule has 1 atom stereocenters. The summed E-state index contributed by atoms with van der Waals surface area (Å²) < 4.78 is 1.80. The van der Waals surface area contributed by atoms with Crippen LogP contribution < -0.4 is 4.90 Å². The minimum atomic E-state index is -0.351. The van der Waals surface area contributed by atoms with E-state index in [1.54, 1.807) is 27.7 Å². The molecule has 2 amide bonds. The maximum absolute atomic E-state index is 13.1. The van der Waals surface area contributed by atoms with Crippen molar-refractivity contribution in [3.63, 3.8) is 0 Å². The highest BCUT2D eigenvalue weighted by Gasteiger charge is 2.37. The number of carbonyl (C=O) groups excluding carboxylic acids is 2. The fourth-order valence-electron chi connectivity index (χ4n) is 4.38. The number of carbonyl (C=O) groups is 2. The van der Waals surface area contributed by atoms with Gasteiger partial charge in [0.25, 0.3) is 0 Å². The van der Waals surface area contributed by atoms with E-state index in [-0.39, 0.29) is 24.2 Å². The van der Waals surface area contributed by atoms with E-state index in [4.69, 9.17) is 0 Å². The zero-order valence-electron chi connectivity index (χ0n) is 17.9. The summed E-state index contributed by atoms with van der Waals surface area (Å²) in [5.74, 6) is -0.380. The standard InChI is InChI=1S/C26H24N4O2/c1-28(16-19-15-27-30(17-19)22-10-3-2-4-11-22)26(32)21-14-25(31)29(18-21)24-13-7-9-20-8-5-6-12-23(20)24/h2-13,15,17,21H,14,16,18H2,1H3. The molecule has 0 aliphatic carbocycles. The highest BCUT2D eigenvalue weighted by atomic mass is 16.2. The molecule has 0 bridgehead atoms. The van der Waals surface area contributed by atoms with E-state index in [0.717, 1.165) is 27.7 Å². The zero-order chi connectivity index (χ0) is 22.1. The van der Waals surface area contributed by atoms with E-state index in [0.29, 0.717) is 13.1 Å². The van der Waals surface area contributed by atoms with Crippen molar-refractivity contribution < 1.29 is 9.59 Å². The fraction of sp³-hybridized carbons (Fsp3) is 0.192. The van der Waals surface area contributed by atoms with Gasteiger partial charge in [0.15, 0.2) is 0 Å². The smallest absolute Gasteiger partial charge is 0.228 e. The molecule has 4 aromatic rings. The summed E-state index contributed by atoms with van der Waals surface area (Å²) in [4.78, 5) is 29.4. The van der Waals surface area contributed by atoms with Gasteiger partial charge in [0.05, 0.1) is 23.5 Å². The molecule has 1 fully saturated rings. The lowest BCUT2D eigenvalue weighted by Crippen LogP contribution is -2.34. The van der Waals surface area contributed by atoms with Gasteiger partial charge in [0.1, 0.15) is 0 Å². The summed E-state index contributed by atoms with van der Waals surface area (Å²) >= 11 is 0. The van der Waals surface area contributed by atoms with Gasteiger partial charge in [-0.1, -0.05) is 54.6 Å². The average Bonchev–Trinajstić information content (AvgIpc) is 3.45. The molecule has 1 aliphatic rings. The number of anilines is 1. The lowest BCUT2D eigenvalue weighted by Gasteiger charge is -2.22.